The van der Waals surface area contributed by atoms with Gasteiger partial charge in [0.15, 0.2) is 0 Å². The minimum Gasteiger partial charge on any atom is -0.365 e. The standard InChI is InChI=1S/C15H13N3O3/c16-15(19)11-8-12(9-6-7-9)17-13(14(11)18(20)21)10-4-2-1-3-5-10/h1-5,8-9H,6-7H2,(H2,16,19). The van der Waals surface area contributed by atoms with E-state index in [0.717, 1.165) is 12.8 Å². The highest BCUT2D eigenvalue weighted by Gasteiger charge is 2.32. The van der Waals surface area contributed by atoms with Gasteiger partial charge in [-0.15, -0.1) is 0 Å². The number of amides is 1. The Bertz CT molecular complexity index is 724. The van der Waals surface area contributed by atoms with Gasteiger partial charge >= 0.3 is 5.69 Å². The number of nitrogens with two attached hydrogens (primary N) is 1. The van der Waals surface area contributed by atoms with E-state index >= 15 is 0 Å². The molecule has 2 aromatic rings. The van der Waals surface area contributed by atoms with Crippen LogP contribution in [0.15, 0.2) is 36.4 Å². The van der Waals surface area contributed by atoms with Crippen LogP contribution in [0.1, 0.15) is 34.8 Å². The Balaban J connectivity index is 2.29. The molecule has 6 heteroatoms. The van der Waals surface area contributed by atoms with Crippen molar-refractivity contribution in [2.45, 2.75) is 18.8 Å². The van der Waals surface area contributed by atoms with Crippen molar-refractivity contribution < 1.29 is 9.72 Å². The summed E-state index contributed by atoms with van der Waals surface area (Å²) in [5, 5.41) is 11.4. The molecule has 1 aromatic heterocycles. The molecule has 0 saturated heterocycles. The first kappa shape index (κ1) is 13.2. The molecule has 6 nitrogen and oxygen atoms in total. The molecule has 0 atom stereocenters. The number of carbonyl (C=O) groups excluding carboxylic acids is 1. The lowest BCUT2D eigenvalue weighted by Crippen LogP contribution is -2.15. The highest BCUT2D eigenvalue weighted by molar-refractivity contribution is 5.99. The smallest absolute Gasteiger partial charge is 0.308 e. The number of nitrogens with zero attached hydrogens (tertiary/aromatic N) is 2. The fourth-order valence-electron chi connectivity index (χ4n) is 2.32. The van der Waals surface area contributed by atoms with E-state index in [1.807, 2.05) is 6.07 Å². The summed E-state index contributed by atoms with van der Waals surface area (Å²) < 4.78 is 0. The lowest BCUT2D eigenvalue weighted by atomic mass is 10.0. The molecule has 1 aromatic carbocycles. The van der Waals surface area contributed by atoms with E-state index in [0.29, 0.717) is 11.3 Å². The van der Waals surface area contributed by atoms with Crippen LogP contribution in [0.4, 0.5) is 5.69 Å². The van der Waals surface area contributed by atoms with E-state index in [4.69, 9.17) is 5.73 Å². The Kier molecular flexibility index (Phi) is 3.13. The third-order valence-corrected chi connectivity index (χ3v) is 3.50. The van der Waals surface area contributed by atoms with Crippen LogP contribution in [0.2, 0.25) is 0 Å². The van der Waals surface area contributed by atoms with Crippen molar-refractivity contribution in [2.24, 2.45) is 5.73 Å². The van der Waals surface area contributed by atoms with Crippen LogP contribution in [-0.2, 0) is 0 Å². The van der Waals surface area contributed by atoms with Gasteiger partial charge in [-0.05, 0) is 18.9 Å². The molecule has 1 amide bonds. The summed E-state index contributed by atoms with van der Waals surface area (Å²) in [6, 6.07) is 10.3. The zero-order chi connectivity index (χ0) is 15.0. The second kappa shape index (κ2) is 4.97. The van der Waals surface area contributed by atoms with E-state index in [1.54, 1.807) is 24.3 Å². The van der Waals surface area contributed by atoms with Gasteiger partial charge in [-0.3, -0.25) is 14.9 Å². The number of aromatic nitrogens is 1. The number of carbonyl (C=O) groups is 1. The van der Waals surface area contributed by atoms with Crippen molar-refractivity contribution in [2.75, 3.05) is 0 Å². The molecule has 2 N–H and O–H groups in total. The second-order valence-electron chi connectivity index (χ2n) is 5.05. The van der Waals surface area contributed by atoms with E-state index in [-0.39, 0.29) is 22.9 Å². The van der Waals surface area contributed by atoms with E-state index < -0.39 is 10.8 Å². The van der Waals surface area contributed by atoms with Crippen LogP contribution in [0.3, 0.4) is 0 Å². The molecule has 1 aliphatic carbocycles. The average molecular weight is 283 g/mol. The molecule has 0 bridgehead atoms. The second-order valence-corrected chi connectivity index (χ2v) is 5.05. The zero-order valence-corrected chi connectivity index (χ0v) is 11.2. The lowest BCUT2D eigenvalue weighted by Gasteiger charge is -2.08. The van der Waals surface area contributed by atoms with Crippen LogP contribution >= 0.6 is 0 Å². The van der Waals surface area contributed by atoms with Crippen LogP contribution in [0, 0.1) is 10.1 Å². The van der Waals surface area contributed by atoms with Crippen LogP contribution in [0.5, 0.6) is 0 Å². The predicted molar refractivity (Wildman–Crippen MR) is 76.8 cm³/mol. The molecular weight excluding hydrogens is 270 g/mol. The van der Waals surface area contributed by atoms with Crippen molar-refractivity contribution >= 4 is 11.6 Å². The SMILES string of the molecule is NC(=O)c1cc(C2CC2)nc(-c2ccccc2)c1[N+](=O)[O-]. The maximum atomic E-state index is 11.6. The van der Waals surface area contributed by atoms with Crippen molar-refractivity contribution in [3.63, 3.8) is 0 Å². The number of primary amides is 1. The topological polar surface area (TPSA) is 99.1 Å². The molecule has 0 aliphatic heterocycles. The predicted octanol–water partition coefficient (Wildman–Crippen LogP) is 2.63. The van der Waals surface area contributed by atoms with Gasteiger partial charge in [-0.2, -0.15) is 0 Å². The third kappa shape index (κ3) is 2.47. The van der Waals surface area contributed by atoms with Gasteiger partial charge in [0.25, 0.3) is 5.91 Å². The summed E-state index contributed by atoms with van der Waals surface area (Å²) in [5.41, 5.74) is 6.44. The number of nitro groups is 1. The van der Waals surface area contributed by atoms with Gasteiger partial charge < -0.3 is 5.73 Å². The van der Waals surface area contributed by atoms with Gasteiger partial charge in [0.05, 0.1) is 4.92 Å². The van der Waals surface area contributed by atoms with Crippen LogP contribution < -0.4 is 5.73 Å². The molecule has 1 fully saturated rings. The number of hydrogen-bond donors (Lipinski definition) is 1. The number of rotatable bonds is 4. The Hall–Kier alpha value is -2.76. The van der Waals surface area contributed by atoms with Crippen molar-refractivity contribution in [1.82, 2.24) is 4.98 Å². The van der Waals surface area contributed by atoms with Crippen molar-refractivity contribution in [1.29, 1.82) is 0 Å². The Morgan fingerprint density at radius 3 is 2.48 bits per heavy atom. The van der Waals surface area contributed by atoms with Crippen LogP contribution in [-0.4, -0.2) is 15.8 Å². The molecule has 0 unspecified atom stereocenters. The fourth-order valence-corrected chi connectivity index (χ4v) is 2.32. The summed E-state index contributed by atoms with van der Waals surface area (Å²) in [7, 11) is 0. The molecule has 0 spiro atoms. The monoisotopic (exact) mass is 283 g/mol. The van der Waals surface area contributed by atoms with Crippen LogP contribution in [0.25, 0.3) is 11.3 Å². The summed E-state index contributed by atoms with van der Waals surface area (Å²) in [6.45, 7) is 0. The maximum absolute atomic E-state index is 11.6. The van der Waals surface area contributed by atoms with Gasteiger partial charge in [0, 0.05) is 17.2 Å². The minimum absolute atomic E-state index is 0.0734. The van der Waals surface area contributed by atoms with Crippen molar-refractivity contribution in [3.8, 4) is 11.3 Å². The molecule has 1 saturated carbocycles. The largest absolute Gasteiger partial charge is 0.365 e. The quantitative estimate of drug-likeness (QED) is 0.688. The van der Waals surface area contributed by atoms with Gasteiger partial charge in [0.2, 0.25) is 0 Å². The Labute approximate surface area is 120 Å². The normalized spacial score (nSPS) is 13.9. The van der Waals surface area contributed by atoms with Gasteiger partial charge in [-0.1, -0.05) is 30.3 Å². The fraction of sp³-hybridized carbons (Fsp3) is 0.200. The molecular formula is C15H13N3O3. The molecule has 21 heavy (non-hydrogen) atoms. The summed E-state index contributed by atoms with van der Waals surface area (Å²) >= 11 is 0. The van der Waals surface area contributed by atoms with E-state index in [1.165, 1.54) is 6.07 Å². The number of pyridine rings is 1. The average Bonchev–Trinajstić information content (AvgIpc) is 3.31. The van der Waals surface area contributed by atoms with E-state index in [2.05, 4.69) is 4.98 Å². The van der Waals surface area contributed by atoms with E-state index in [9.17, 15) is 14.9 Å². The molecule has 106 valence electrons. The molecule has 0 radical (unpaired) electrons. The Morgan fingerprint density at radius 1 is 1.29 bits per heavy atom. The van der Waals surface area contributed by atoms with Crippen molar-refractivity contribution in [3.05, 3.63) is 57.8 Å². The first-order valence-electron chi connectivity index (χ1n) is 6.62. The first-order chi connectivity index (χ1) is 10.1. The van der Waals surface area contributed by atoms with Gasteiger partial charge in [-0.25, -0.2) is 4.98 Å². The summed E-state index contributed by atoms with van der Waals surface area (Å²) in [6.07, 6.45) is 1.97. The summed E-state index contributed by atoms with van der Waals surface area (Å²) in [5.74, 6) is -0.533. The molecule has 1 heterocycles. The number of hydrogen-bond acceptors (Lipinski definition) is 4. The summed E-state index contributed by atoms with van der Waals surface area (Å²) in [4.78, 5) is 26.8. The minimum atomic E-state index is -0.803. The highest BCUT2D eigenvalue weighted by Crippen LogP contribution is 2.42. The first-order valence-corrected chi connectivity index (χ1v) is 6.62. The Morgan fingerprint density at radius 2 is 1.95 bits per heavy atom. The molecule has 3 rings (SSSR count). The molecule has 1 aliphatic rings. The van der Waals surface area contributed by atoms with Gasteiger partial charge in [0.1, 0.15) is 11.3 Å². The third-order valence-electron chi connectivity index (χ3n) is 3.50. The lowest BCUT2D eigenvalue weighted by molar-refractivity contribution is -0.384. The zero-order valence-electron chi connectivity index (χ0n) is 11.2. The maximum Gasteiger partial charge on any atom is 0.308 e. The number of benzene rings is 1. The highest BCUT2D eigenvalue weighted by atomic mass is 16.6.